The second-order valence-corrected chi connectivity index (χ2v) is 17.1. The van der Waals surface area contributed by atoms with Crippen molar-refractivity contribution in [1.82, 2.24) is 0 Å². The average molecular weight is 812 g/mol. The van der Waals surface area contributed by atoms with E-state index in [1.165, 1.54) is 167 Å². The zero-order valence-electron chi connectivity index (χ0n) is 36.6. The van der Waals surface area contributed by atoms with Crippen LogP contribution in [0.25, 0.3) is 0 Å². The lowest BCUT2D eigenvalue weighted by atomic mass is 10.0. The van der Waals surface area contributed by atoms with E-state index < -0.39 is 13.9 Å². The minimum Gasteiger partial charge on any atom is -0.498 e. The van der Waals surface area contributed by atoms with Crippen LogP contribution < -0.4 is 5.73 Å². The Morgan fingerprint density at radius 1 is 0.554 bits per heavy atom. The predicted octanol–water partition coefficient (Wildman–Crippen LogP) is 14.5. The highest BCUT2D eigenvalue weighted by Gasteiger charge is 2.25. The number of nitrogens with two attached hydrogens (primary N) is 1. The molecule has 9 heteroatoms. The molecule has 0 aliphatic carbocycles. The van der Waals surface area contributed by atoms with E-state index in [0.29, 0.717) is 6.42 Å². The van der Waals surface area contributed by atoms with Crippen molar-refractivity contribution in [3.8, 4) is 0 Å². The highest BCUT2D eigenvalue weighted by atomic mass is 31.2. The fourth-order valence-electron chi connectivity index (χ4n) is 6.64. The molecule has 0 heterocycles. The lowest BCUT2D eigenvalue weighted by Crippen LogP contribution is -2.27. The Labute approximate surface area is 346 Å². The van der Waals surface area contributed by atoms with Crippen LogP contribution in [0.15, 0.2) is 36.6 Å². The monoisotopic (exact) mass is 812 g/mol. The number of hydrogen-bond donors (Lipinski definition) is 2. The van der Waals surface area contributed by atoms with Crippen LogP contribution in [0.4, 0.5) is 0 Å². The Morgan fingerprint density at radius 2 is 0.964 bits per heavy atom. The molecule has 0 spiro atoms. The van der Waals surface area contributed by atoms with Gasteiger partial charge in [0.15, 0.2) is 6.10 Å². The summed E-state index contributed by atoms with van der Waals surface area (Å²) in [6.07, 6.45) is 52.6. The van der Waals surface area contributed by atoms with Gasteiger partial charge >= 0.3 is 13.8 Å². The van der Waals surface area contributed by atoms with Crippen molar-refractivity contribution in [3.63, 3.8) is 0 Å². The summed E-state index contributed by atoms with van der Waals surface area (Å²) < 4.78 is 33.3. The zero-order valence-corrected chi connectivity index (χ0v) is 37.5. The van der Waals surface area contributed by atoms with Crippen LogP contribution in [0, 0.1) is 0 Å². The minimum absolute atomic E-state index is 0.0327. The highest BCUT2D eigenvalue weighted by Crippen LogP contribution is 2.43. The van der Waals surface area contributed by atoms with Gasteiger partial charge in [0.2, 0.25) is 0 Å². The van der Waals surface area contributed by atoms with E-state index in [4.69, 9.17) is 24.3 Å². The molecular formula is C47H90NO7P. The van der Waals surface area contributed by atoms with Crippen LogP contribution in [0.1, 0.15) is 226 Å². The molecule has 0 amide bonds. The van der Waals surface area contributed by atoms with Gasteiger partial charge in [0.25, 0.3) is 0 Å². The maximum atomic E-state index is 12.6. The number of hydrogen-bond acceptors (Lipinski definition) is 7. The van der Waals surface area contributed by atoms with Crippen molar-refractivity contribution < 1.29 is 32.8 Å². The summed E-state index contributed by atoms with van der Waals surface area (Å²) in [5.41, 5.74) is 5.37. The minimum atomic E-state index is -4.29. The number of unbranched alkanes of at least 4 members (excludes halogenated alkanes) is 28. The Kier molecular flexibility index (Phi) is 43.5. The summed E-state index contributed by atoms with van der Waals surface area (Å²) in [7, 11) is -4.29. The van der Waals surface area contributed by atoms with Gasteiger partial charge in [-0.25, -0.2) is 4.57 Å². The van der Waals surface area contributed by atoms with Gasteiger partial charge in [0.1, 0.15) is 6.61 Å². The molecule has 0 aliphatic heterocycles. The molecule has 0 aliphatic rings. The maximum Gasteiger partial charge on any atom is 0.472 e. The van der Waals surface area contributed by atoms with Crippen LogP contribution in [0.2, 0.25) is 0 Å². The number of phosphoric ester groups is 1. The third-order valence-corrected chi connectivity index (χ3v) is 11.1. The summed E-state index contributed by atoms with van der Waals surface area (Å²) >= 11 is 0. The van der Waals surface area contributed by atoms with Crippen molar-refractivity contribution in [2.24, 2.45) is 5.73 Å². The normalized spacial score (nSPS) is 13.6. The molecule has 0 saturated heterocycles. The van der Waals surface area contributed by atoms with E-state index in [9.17, 15) is 14.3 Å². The first-order valence-corrected chi connectivity index (χ1v) is 25.0. The van der Waals surface area contributed by atoms with Crippen molar-refractivity contribution in [1.29, 1.82) is 0 Å². The number of esters is 1. The van der Waals surface area contributed by atoms with Crippen LogP contribution in [0.3, 0.4) is 0 Å². The molecule has 0 aromatic heterocycles. The standard InChI is InChI=1S/C47H90NO7P/c1-3-5-7-9-11-13-15-17-19-21-23-24-26-28-30-32-34-36-38-40-47(49)55-46(45-54-56(50,51)53-43-41-48)44-52-42-39-37-35-33-31-29-27-25-22-20-18-16-14-12-10-8-6-4-2/h11,13,17,19,39,42,46H,3-10,12,14-16,18,20-38,40-41,43-45,48H2,1-2H3,(H,50,51)/b13-11-,19-17-,42-39-/t46-/m1/s1. The fraction of sp³-hybridized carbons (Fsp3) is 0.851. The molecule has 0 bridgehead atoms. The molecule has 2 atom stereocenters. The smallest absolute Gasteiger partial charge is 0.472 e. The Bertz CT molecular complexity index is 957. The molecule has 0 rings (SSSR count). The van der Waals surface area contributed by atoms with E-state index in [0.717, 1.165) is 38.5 Å². The third kappa shape index (κ3) is 43.7. The van der Waals surface area contributed by atoms with Crippen LogP contribution in [0.5, 0.6) is 0 Å². The average Bonchev–Trinajstić information content (AvgIpc) is 3.19. The fourth-order valence-corrected chi connectivity index (χ4v) is 7.41. The van der Waals surface area contributed by atoms with Gasteiger partial charge < -0.3 is 20.1 Å². The quantitative estimate of drug-likeness (QED) is 0.0205. The molecule has 0 saturated carbocycles. The van der Waals surface area contributed by atoms with E-state index >= 15 is 0 Å². The summed E-state index contributed by atoms with van der Waals surface area (Å²) in [5, 5.41) is 0. The van der Waals surface area contributed by atoms with Gasteiger partial charge in [-0.3, -0.25) is 13.8 Å². The molecule has 3 N–H and O–H groups in total. The Hall–Kier alpha value is -1.44. The zero-order chi connectivity index (χ0) is 40.9. The summed E-state index contributed by atoms with van der Waals surface area (Å²) in [4.78, 5) is 22.5. The van der Waals surface area contributed by atoms with E-state index in [2.05, 4.69) is 38.2 Å². The predicted molar refractivity (Wildman–Crippen MR) is 238 cm³/mol. The SMILES string of the molecule is CCCCC/C=C\C/C=C\CCCCCCCCCCCC(=O)O[C@H](CO/C=C\CCCCCCCCCCCCCCCCCC)COP(=O)(O)OCCN. The van der Waals surface area contributed by atoms with Crippen molar-refractivity contribution in [2.75, 3.05) is 26.4 Å². The number of ether oxygens (including phenoxy) is 2. The number of allylic oxidation sites excluding steroid dienone is 5. The summed E-state index contributed by atoms with van der Waals surface area (Å²) in [6, 6.07) is 0. The lowest BCUT2D eigenvalue weighted by Gasteiger charge is -2.19. The van der Waals surface area contributed by atoms with Crippen molar-refractivity contribution in [3.05, 3.63) is 36.6 Å². The van der Waals surface area contributed by atoms with Crippen LogP contribution in [-0.4, -0.2) is 43.3 Å². The second-order valence-electron chi connectivity index (χ2n) is 15.7. The molecule has 8 nitrogen and oxygen atoms in total. The molecule has 0 aromatic carbocycles. The van der Waals surface area contributed by atoms with Gasteiger partial charge in [-0.1, -0.05) is 192 Å². The first kappa shape index (κ1) is 54.6. The first-order valence-electron chi connectivity index (χ1n) is 23.5. The highest BCUT2D eigenvalue weighted by molar-refractivity contribution is 7.47. The number of carbonyl (C=O) groups is 1. The third-order valence-electron chi connectivity index (χ3n) is 10.1. The number of phosphoric acid groups is 1. The Morgan fingerprint density at radius 3 is 1.45 bits per heavy atom. The van der Waals surface area contributed by atoms with Gasteiger partial charge in [-0.2, -0.15) is 0 Å². The van der Waals surface area contributed by atoms with Gasteiger partial charge in [-0.05, 0) is 57.4 Å². The molecule has 0 aromatic rings. The largest absolute Gasteiger partial charge is 0.498 e. The molecule has 0 fully saturated rings. The summed E-state index contributed by atoms with van der Waals surface area (Å²) in [6.45, 7) is 4.24. The first-order chi connectivity index (χ1) is 27.4. The molecule has 1 unspecified atom stereocenters. The van der Waals surface area contributed by atoms with E-state index in [1.54, 1.807) is 6.26 Å². The van der Waals surface area contributed by atoms with E-state index in [-0.39, 0.29) is 32.3 Å². The lowest BCUT2D eigenvalue weighted by molar-refractivity contribution is -0.153. The van der Waals surface area contributed by atoms with Crippen LogP contribution >= 0.6 is 7.82 Å². The molecular weight excluding hydrogens is 721 g/mol. The van der Waals surface area contributed by atoms with E-state index in [1.807, 2.05) is 6.08 Å². The van der Waals surface area contributed by atoms with Gasteiger partial charge in [-0.15, -0.1) is 0 Å². The second kappa shape index (κ2) is 44.7. The van der Waals surface area contributed by atoms with Gasteiger partial charge in [0, 0.05) is 13.0 Å². The van der Waals surface area contributed by atoms with Gasteiger partial charge in [0.05, 0.1) is 19.5 Å². The molecule has 0 radical (unpaired) electrons. The number of carbonyl (C=O) groups excluding carboxylic acids is 1. The van der Waals surface area contributed by atoms with Crippen LogP contribution in [-0.2, 0) is 27.9 Å². The summed E-state index contributed by atoms with van der Waals surface area (Å²) in [5.74, 6) is -0.355. The van der Waals surface area contributed by atoms with Crippen molar-refractivity contribution >= 4 is 13.8 Å². The van der Waals surface area contributed by atoms with Crippen molar-refractivity contribution in [2.45, 2.75) is 232 Å². The Balaban J connectivity index is 4.02. The topological polar surface area (TPSA) is 117 Å². The molecule has 56 heavy (non-hydrogen) atoms. The molecule has 330 valence electrons. The number of rotatable bonds is 45. The maximum absolute atomic E-state index is 12.6.